The van der Waals surface area contributed by atoms with E-state index in [2.05, 4.69) is 25.5 Å². The van der Waals surface area contributed by atoms with Crippen LogP contribution in [0.25, 0.3) is 11.6 Å². The van der Waals surface area contributed by atoms with Crippen LogP contribution in [0.2, 0.25) is 0 Å². The number of carbonyl (C=O) groups excluding carboxylic acids is 1. The van der Waals surface area contributed by atoms with Gasteiger partial charge in [-0.15, -0.1) is 22.0 Å². The standard InChI is InChI=1S/C13H11N5O2S2/c1-7-9(11(19)17-13-18-14-6-22-13)12(21-2)16-10(15-7)8-4-3-5-20-8/h3-6H,1-2H3,(H,17,18,19). The number of aryl methyl sites for hydroxylation is 1. The normalized spacial score (nSPS) is 10.6. The van der Waals surface area contributed by atoms with Crippen molar-refractivity contribution >= 4 is 34.1 Å². The highest BCUT2D eigenvalue weighted by Crippen LogP contribution is 2.26. The molecule has 0 aliphatic rings. The molecule has 1 amide bonds. The number of hydrogen-bond acceptors (Lipinski definition) is 8. The van der Waals surface area contributed by atoms with E-state index in [-0.39, 0.29) is 5.91 Å². The minimum absolute atomic E-state index is 0.301. The van der Waals surface area contributed by atoms with Crippen molar-refractivity contribution in [1.29, 1.82) is 0 Å². The third kappa shape index (κ3) is 2.85. The monoisotopic (exact) mass is 333 g/mol. The van der Waals surface area contributed by atoms with Crippen LogP contribution < -0.4 is 5.32 Å². The fourth-order valence-electron chi connectivity index (χ4n) is 1.86. The Morgan fingerprint density at radius 2 is 2.27 bits per heavy atom. The second-order valence-electron chi connectivity index (χ2n) is 4.19. The Labute approximate surface area is 134 Å². The summed E-state index contributed by atoms with van der Waals surface area (Å²) in [6, 6.07) is 3.54. The number of carbonyl (C=O) groups is 1. The van der Waals surface area contributed by atoms with Crippen molar-refractivity contribution in [3.05, 3.63) is 35.2 Å². The molecule has 0 saturated carbocycles. The third-order valence-electron chi connectivity index (χ3n) is 2.80. The third-order valence-corrected chi connectivity index (χ3v) is 4.09. The first-order chi connectivity index (χ1) is 10.7. The summed E-state index contributed by atoms with van der Waals surface area (Å²) in [6.45, 7) is 1.77. The molecule has 9 heteroatoms. The Balaban J connectivity index is 1.98. The van der Waals surface area contributed by atoms with Crippen LogP contribution in [0.4, 0.5) is 5.13 Å². The summed E-state index contributed by atoms with van der Waals surface area (Å²) in [7, 11) is 0. The van der Waals surface area contributed by atoms with E-state index in [1.54, 1.807) is 30.8 Å². The average Bonchev–Trinajstić information content (AvgIpc) is 3.19. The average molecular weight is 333 g/mol. The van der Waals surface area contributed by atoms with Crippen molar-refractivity contribution < 1.29 is 9.21 Å². The Morgan fingerprint density at radius 1 is 1.41 bits per heavy atom. The molecule has 0 spiro atoms. The van der Waals surface area contributed by atoms with Gasteiger partial charge in [-0.1, -0.05) is 11.3 Å². The fourth-order valence-corrected chi connectivity index (χ4v) is 2.92. The second-order valence-corrected chi connectivity index (χ2v) is 5.82. The van der Waals surface area contributed by atoms with E-state index < -0.39 is 0 Å². The Bertz CT molecular complexity index is 787. The molecule has 1 N–H and O–H groups in total. The van der Waals surface area contributed by atoms with Gasteiger partial charge < -0.3 is 4.42 Å². The molecule has 0 saturated heterocycles. The predicted molar refractivity (Wildman–Crippen MR) is 84.1 cm³/mol. The lowest BCUT2D eigenvalue weighted by atomic mass is 10.2. The molecule has 0 aliphatic carbocycles. The van der Waals surface area contributed by atoms with Crippen LogP contribution in [0.1, 0.15) is 16.1 Å². The maximum Gasteiger partial charge on any atom is 0.262 e. The highest BCUT2D eigenvalue weighted by molar-refractivity contribution is 7.98. The molecule has 3 aromatic heterocycles. The summed E-state index contributed by atoms with van der Waals surface area (Å²) in [5.74, 6) is 0.721. The van der Waals surface area contributed by atoms with Crippen molar-refractivity contribution in [3.8, 4) is 11.6 Å². The van der Waals surface area contributed by atoms with Gasteiger partial charge in [0.2, 0.25) is 5.13 Å². The maximum absolute atomic E-state index is 12.4. The van der Waals surface area contributed by atoms with Crippen LogP contribution in [-0.4, -0.2) is 32.3 Å². The van der Waals surface area contributed by atoms with Gasteiger partial charge in [-0.3, -0.25) is 10.1 Å². The highest BCUT2D eigenvalue weighted by atomic mass is 32.2. The Hall–Kier alpha value is -2.26. The number of aromatic nitrogens is 4. The van der Waals surface area contributed by atoms with Crippen molar-refractivity contribution in [2.24, 2.45) is 0 Å². The quantitative estimate of drug-likeness (QED) is 0.579. The first kappa shape index (κ1) is 14.7. The minimum Gasteiger partial charge on any atom is -0.461 e. The van der Waals surface area contributed by atoms with Gasteiger partial charge in [0.15, 0.2) is 11.6 Å². The van der Waals surface area contributed by atoms with Gasteiger partial charge in [0, 0.05) is 0 Å². The van der Waals surface area contributed by atoms with Gasteiger partial charge >= 0.3 is 0 Å². The molecule has 3 heterocycles. The Morgan fingerprint density at radius 3 is 2.91 bits per heavy atom. The molecule has 112 valence electrons. The predicted octanol–water partition coefficient (Wildman–Crippen LogP) is 2.87. The summed E-state index contributed by atoms with van der Waals surface area (Å²) in [6.07, 6.45) is 3.41. The molecule has 0 fully saturated rings. The van der Waals surface area contributed by atoms with Crippen LogP contribution in [0, 0.1) is 6.92 Å². The zero-order valence-electron chi connectivity index (χ0n) is 11.7. The van der Waals surface area contributed by atoms with E-state index in [4.69, 9.17) is 4.42 Å². The van der Waals surface area contributed by atoms with Gasteiger partial charge in [0.05, 0.1) is 17.5 Å². The first-order valence-corrected chi connectivity index (χ1v) is 8.33. The highest BCUT2D eigenvalue weighted by Gasteiger charge is 2.20. The van der Waals surface area contributed by atoms with E-state index >= 15 is 0 Å². The van der Waals surface area contributed by atoms with E-state index in [1.807, 2.05) is 6.26 Å². The molecule has 3 aromatic rings. The molecular weight excluding hydrogens is 322 g/mol. The van der Waals surface area contributed by atoms with E-state index in [0.717, 1.165) is 0 Å². The van der Waals surface area contributed by atoms with E-state index in [1.165, 1.54) is 23.1 Å². The molecule has 3 rings (SSSR count). The number of hydrogen-bond donors (Lipinski definition) is 1. The number of amides is 1. The summed E-state index contributed by atoms with van der Waals surface area (Å²) in [4.78, 5) is 21.2. The van der Waals surface area contributed by atoms with Crippen LogP contribution >= 0.6 is 23.1 Å². The lowest BCUT2D eigenvalue weighted by Gasteiger charge is -2.10. The second kappa shape index (κ2) is 6.24. The largest absolute Gasteiger partial charge is 0.461 e. The number of rotatable bonds is 4. The van der Waals surface area contributed by atoms with E-state index in [9.17, 15) is 4.79 Å². The molecule has 0 unspecified atom stereocenters. The van der Waals surface area contributed by atoms with Gasteiger partial charge in [-0.25, -0.2) is 9.97 Å². The molecule has 22 heavy (non-hydrogen) atoms. The maximum atomic E-state index is 12.4. The molecule has 7 nitrogen and oxygen atoms in total. The molecule has 0 aliphatic heterocycles. The number of nitrogens with one attached hydrogen (secondary N) is 1. The summed E-state index contributed by atoms with van der Waals surface area (Å²) in [5, 5.41) is 11.2. The summed E-state index contributed by atoms with van der Waals surface area (Å²) in [5.41, 5.74) is 2.56. The van der Waals surface area contributed by atoms with Crippen molar-refractivity contribution in [2.75, 3.05) is 11.6 Å². The smallest absolute Gasteiger partial charge is 0.262 e. The topological polar surface area (TPSA) is 93.8 Å². The van der Waals surface area contributed by atoms with Crippen LogP contribution in [0.5, 0.6) is 0 Å². The van der Waals surface area contributed by atoms with Gasteiger partial charge in [0.25, 0.3) is 5.91 Å². The fraction of sp³-hybridized carbons (Fsp3) is 0.154. The van der Waals surface area contributed by atoms with Gasteiger partial charge in [-0.05, 0) is 25.3 Å². The van der Waals surface area contributed by atoms with Crippen LogP contribution in [0.3, 0.4) is 0 Å². The SMILES string of the molecule is CSc1nc(-c2ccco2)nc(C)c1C(=O)Nc1nncs1. The molecule has 0 aromatic carbocycles. The number of nitrogens with zero attached hydrogens (tertiary/aromatic N) is 4. The first-order valence-electron chi connectivity index (χ1n) is 6.23. The van der Waals surface area contributed by atoms with Gasteiger partial charge in [-0.2, -0.15) is 0 Å². The van der Waals surface area contributed by atoms with Crippen molar-refractivity contribution in [3.63, 3.8) is 0 Å². The van der Waals surface area contributed by atoms with Crippen LogP contribution in [0.15, 0.2) is 33.3 Å². The van der Waals surface area contributed by atoms with Gasteiger partial charge in [0.1, 0.15) is 10.5 Å². The Kier molecular flexibility index (Phi) is 4.16. The summed E-state index contributed by atoms with van der Waals surface area (Å²) < 4.78 is 5.31. The molecular formula is C13H11N5O2S2. The number of furan rings is 1. The number of thioether (sulfide) groups is 1. The molecule has 0 atom stereocenters. The summed E-state index contributed by atoms with van der Waals surface area (Å²) >= 11 is 2.63. The molecule has 0 radical (unpaired) electrons. The van der Waals surface area contributed by atoms with Crippen LogP contribution in [-0.2, 0) is 0 Å². The minimum atomic E-state index is -0.301. The lowest BCUT2D eigenvalue weighted by molar-refractivity contribution is 0.102. The number of anilines is 1. The lowest BCUT2D eigenvalue weighted by Crippen LogP contribution is -2.16. The van der Waals surface area contributed by atoms with E-state index in [0.29, 0.717) is 33.0 Å². The van der Waals surface area contributed by atoms with Crippen molar-refractivity contribution in [1.82, 2.24) is 20.2 Å². The zero-order chi connectivity index (χ0) is 15.5. The van der Waals surface area contributed by atoms with Crippen molar-refractivity contribution in [2.45, 2.75) is 11.9 Å². The zero-order valence-corrected chi connectivity index (χ0v) is 13.4. The molecule has 0 bridgehead atoms.